The van der Waals surface area contributed by atoms with Crippen LogP contribution >= 0.6 is 0 Å². The summed E-state index contributed by atoms with van der Waals surface area (Å²) < 4.78 is 12.0. The van der Waals surface area contributed by atoms with Gasteiger partial charge in [0.25, 0.3) is 0 Å². The minimum Gasteiger partial charge on any atom is -0.488 e. The highest BCUT2D eigenvalue weighted by molar-refractivity contribution is 5.91. The Morgan fingerprint density at radius 3 is 2.70 bits per heavy atom. The number of aliphatic hydroxyl groups excluding tert-OH is 1. The van der Waals surface area contributed by atoms with Gasteiger partial charge in [-0.05, 0) is 49.9 Å². The molecule has 1 aromatic carbocycles. The number of anilines is 1. The number of pyridine rings is 1. The van der Waals surface area contributed by atoms with Crippen LogP contribution in [0.25, 0.3) is 0 Å². The highest BCUT2D eigenvalue weighted by atomic mass is 16.5. The Bertz CT molecular complexity index is 1110. The fourth-order valence-electron chi connectivity index (χ4n) is 5.20. The summed E-state index contributed by atoms with van der Waals surface area (Å²) in [5.74, 6) is 0.525. The Labute approximate surface area is 237 Å². The number of morpholine rings is 1. The third-order valence-electron chi connectivity index (χ3n) is 7.65. The molecule has 0 bridgehead atoms. The monoisotopic (exact) mass is 553 g/mol. The van der Waals surface area contributed by atoms with Crippen molar-refractivity contribution in [1.82, 2.24) is 19.7 Å². The number of ether oxygens (including phenoxy) is 2. The van der Waals surface area contributed by atoms with Gasteiger partial charge in [0.1, 0.15) is 11.9 Å². The molecular formula is C30H43N5O5. The molecule has 4 rings (SSSR count). The standard InChI is InChI=1S/C30H43N5O5/c1-22-18-35(23(2)21-36)30(38)17-25-16-26(32-29(37)8-11-34-12-14-39-15-13-34)4-5-27(25)40-28(22)20-33(3)19-24-6-9-31-10-7-24/h4-7,9-10,16,22-23,28,36H,8,11-15,17-21H2,1-3H3,(H,32,37)/t22-,23+,28-/m1/s1. The second-order valence-corrected chi connectivity index (χ2v) is 11.0. The van der Waals surface area contributed by atoms with Crippen LogP contribution in [0.15, 0.2) is 42.7 Å². The molecule has 2 N–H and O–H groups in total. The molecule has 10 nitrogen and oxygen atoms in total. The van der Waals surface area contributed by atoms with E-state index < -0.39 is 0 Å². The molecule has 0 spiro atoms. The number of aliphatic hydroxyl groups is 1. The molecular weight excluding hydrogens is 510 g/mol. The highest BCUT2D eigenvalue weighted by Gasteiger charge is 2.31. The van der Waals surface area contributed by atoms with E-state index in [1.165, 1.54) is 0 Å². The van der Waals surface area contributed by atoms with Crippen LogP contribution in [0.5, 0.6) is 5.75 Å². The number of fused-ring (bicyclic) bond motifs is 1. The van der Waals surface area contributed by atoms with Gasteiger partial charge in [0.05, 0.1) is 32.3 Å². The van der Waals surface area contributed by atoms with Crippen LogP contribution in [0.2, 0.25) is 0 Å². The van der Waals surface area contributed by atoms with Gasteiger partial charge in [0.2, 0.25) is 11.8 Å². The van der Waals surface area contributed by atoms with E-state index in [-0.39, 0.29) is 42.9 Å². The predicted molar refractivity (Wildman–Crippen MR) is 153 cm³/mol. The number of carbonyl (C=O) groups excluding carboxylic acids is 2. The Morgan fingerprint density at radius 2 is 1.98 bits per heavy atom. The van der Waals surface area contributed by atoms with Crippen molar-refractivity contribution in [3.05, 3.63) is 53.9 Å². The molecule has 1 saturated heterocycles. The number of hydrogen-bond acceptors (Lipinski definition) is 8. The van der Waals surface area contributed by atoms with Crippen molar-refractivity contribution in [3.8, 4) is 5.75 Å². The van der Waals surface area contributed by atoms with Crippen LogP contribution in [0.4, 0.5) is 5.69 Å². The number of hydrogen-bond donors (Lipinski definition) is 2. The molecule has 0 unspecified atom stereocenters. The van der Waals surface area contributed by atoms with Gasteiger partial charge in [0, 0.05) is 75.3 Å². The minimum atomic E-state index is -0.310. The maximum atomic E-state index is 13.4. The second kappa shape index (κ2) is 14.5. The molecule has 0 saturated carbocycles. The summed E-state index contributed by atoms with van der Waals surface area (Å²) in [6, 6.07) is 9.22. The third-order valence-corrected chi connectivity index (χ3v) is 7.65. The van der Waals surface area contributed by atoms with Gasteiger partial charge in [-0.2, -0.15) is 0 Å². The summed E-state index contributed by atoms with van der Waals surface area (Å²) in [7, 11) is 2.05. The van der Waals surface area contributed by atoms with Crippen molar-refractivity contribution in [1.29, 1.82) is 0 Å². The zero-order valence-electron chi connectivity index (χ0n) is 23.9. The molecule has 10 heteroatoms. The smallest absolute Gasteiger partial charge is 0.227 e. The maximum absolute atomic E-state index is 13.4. The molecule has 218 valence electrons. The van der Waals surface area contributed by atoms with Crippen LogP contribution in [-0.2, 0) is 27.3 Å². The van der Waals surface area contributed by atoms with Crippen molar-refractivity contribution in [3.63, 3.8) is 0 Å². The van der Waals surface area contributed by atoms with Crippen LogP contribution in [0.3, 0.4) is 0 Å². The van der Waals surface area contributed by atoms with E-state index in [2.05, 4.69) is 34.1 Å². The van der Waals surface area contributed by atoms with E-state index in [0.717, 1.165) is 30.8 Å². The Hall–Kier alpha value is -3.05. The van der Waals surface area contributed by atoms with Gasteiger partial charge in [-0.1, -0.05) is 6.92 Å². The van der Waals surface area contributed by atoms with Crippen molar-refractivity contribution in [2.24, 2.45) is 5.92 Å². The number of nitrogens with one attached hydrogen (secondary N) is 1. The summed E-state index contributed by atoms with van der Waals surface area (Å²) >= 11 is 0. The van der Waals surface area contributed by atoms with Crippen LogP contribution in [0.1, 0.15) is 31.4 Å². The summed E-state index contributed by atoms with van der Waals surface area (Å²) in [4.78, 5) is 36.4. The van der Waals surface area contributed by atoms with E-state index in [4.69, 9.17) is 9.47 Å². The van der Waals surface area contributed by atoms with Gasteiger partial charge in [-0.25, -0.2) is 0 Å². The van der Waals surface area contributed by atoms with Crippen LogP contribution in [0, 0.1) is 5.92 Å². The average molecular weight is 554 g/mol. The minimum absolute atomic E-state index is 0.0170. The van der Waals surface area contributed by atoms with Gasteiger partial charge < -0.3 is 24.8 Å². The molecule has 0 radical (unpaired) electrons. The average Bonchev–Trinajstić information content (AvgIpc) is 3.00. The topological polar surface area (TPSA) is 107 Å². The first-order valence-corrected chi connectivity index (χ1v) is 14.2. The number of likely N-dealkylation sites (N-methyl/N-ethyl adjacent to an activating group) is 1. The maximum Gasteiger partial charge on any atom is 0.227 e. The third kappa shape index (κ3) is 8.47. The zero-order valence-corrected chi connectivity index (χ0v) is 23.9. The molecule has 2 aliphatic rings. The molecule has 1 fully saturated rings. The van der Waals surface area contributed by atoms with E-state index in [1.54, 1.807) is 17.3 Å². The van der Waals surface area contributed by atoms with Crippen LogP contribution < -0.4 is 10.1 Å². The van der Waals surface area contributed by atoms with E-state index in [0.29, 0.717) is 50.7 Å². The molecule has 3 atom stereocenters. The van der Waals surface area contributed by atoms with Crippen molar-refractivity contribution in [2.45, 2.75) is 45.4 Å². The van der Waals surface area contributed by atoms with Crippen molar-refractivity contribution < 1.29 is 24.2 Å². The van der Waals surface area contributed by atoms with Gasteiger partial charge in [-0.15, -0.1) is 0 Å². The lowest BCUT2D eigenvalue weighted by Crippen LogP contribution is -2.47. The lowest BCUT2D eigenvalue weighted by molar-refractivity contribution is -0.134. The van der Waals surface area contributed by atoms with E-state index >= 15 is 0 Å². The molecule has 40 heavy (non-hydrogen) atoms. The quantitative estimate of drug-likeness (QED) is 0.460. The van der Waals surface area contributed by atoms with E-state index in [9.17, 15) is 14.7 Å². The lowest BCUT2D eigenvalue weighted by atomic mass is 10.0. The summed E-state index contributed by atoms with van der Waals surface area (Å²) in [6.45, 7) is 9.47. The molecule has 2 aromatic rings. The number of benzene rings is 1. The van der Waals surface area contributed by atoms with E-state index in [1.807, 2.05) is 37.3 Å². The fourth-order valence-corrected chi connectivity index (χ4v) is 5.20. The van der Waals surface area contributed by atoms with Gasteiger partial charge in [-0.3, -0.25) is 24.4 Å². The number of aromatic nitrogens is 1. The highest BCUT2D eigenvalue weighted by Crippen LogP contribution is 2.29. The first-order chi connectivity index (χ1) is 19.3. The molecule has 3 heterocycles. The van der Waals surface area contributed by atoms with Gasteiger partial charge in [0.15, 0.2) is 0 Å². The Morgan fingerprint density at radius 1 is 1.23 bits per heavy atom. The van der Waals surface area contributed by atoms with Crippen LogP contribution in [-0.4, -0.2) is 108 Å². The Kier molecular flexibility index (Phi) is 10.9. The van der Waals surface area contributed by atoms with Crippen molar-refractivity contribution in [2.75, 3.05) is 64.9 Å². The first kappa shape index (κ1) is 29.9. The fraction of sp³-hybridized carbons (Fsp3) is 0.567. The molecule has 0 aliphatic carbocycles. The normalized spacial score (nSPS) is 21.1. The SMILES string of the molecule is C[C@@H]1CN([C@@H](C)CO)C(=O)Cc2cc(NC(=O)CCN3CCOCC3)ccc2O[C@@H]1CN(C)Cc1ccncc1. The summed E-state index contributed by atoms with van der Waals surface area (Å²) in [5.41, 5.74) is 2.53. The number of rotatable bonds is 10. The molecule has 2 amide bonds. The molecule has 1 aromatic heterocycles. The first-order valence-electron chi connectivity index (χ1n) is 14.2. The molecule has 2 aliphatic heterocycles. The largest absolute Gasteiger partial charge is 0.488 e. The lowest BCUT2D eigenvalue weighted by Gasteiger charge is -2.34. The summed E-state index contributed by atoms with van der Waals surface area (Å²) in [5, 5.41) is 12.9. The second-order valence-electron chi connectivity index (χ2n) is 11.0. The number of carbonyl (C=O) groups is 2. The zero-order chi connectivity index (χ0) is 28.5. The number of amides is 2. The predicted octanol–water partition coefficient (Wildman–Crippen LogP) is 2.02. The number of nitrogens with zero attached hydrogens (tertiary/aromatic N) is 4. The van der Waals surface area contributed by atoms with Crippen molar-refractivity contribution >= 4 is 17.5 Å². The van der Waals surface area contributed by atoms with Gasteiger partial charge >= 0.3 is 0 Å². The summed E-state index contributed by atoms with van der Waals surface area (Å²) in [6.07, 6.45) is 3.90. The Balaban J connectivity index is 1.50.